The Morgan fingerprint density at radius 2 is 0.926 bits per heavy atom. The van der Waals surface area contributed by atoms with Crippen molar-refractivity contribution in [1.82, 2.24) is 10.6 Å². The Bertz CT molecular complexity index is 1830. The lowest BCUT2D eigenvalue weighted by Crippen LogP contribution is -2.54. The molecular formula is C45H48N4O5. The van der Waals surface area contributed by atoms with Crippen LogP contribution in [-0.2, 0) is 22.7 Å². The zero-order valence-electron chi connectivity index (χ0n) is 30.6. The highest BCUT2D eigenvalue weighted by Gasteiger charge is 2.44. The maximum absolute atomic E-state index is 14.6. The van der Waals surface area contributed by atoms with E-state index in [1.807, 2.05) is 128 Å². The maximum atomic E-state index is 14.6. The Morgan fingerprint density at radius 3 is 1.24 bits per heavy atom. The summed E-state index contributed by atoms with van der Waals surface area (Å²) in [6.45, 7) is 2.11. The monoisotopic (exact) mass is 724 g/mol. The minimum absolute atomic E-state index is 0.113. The molecule has 2 heterocycles. The Balaban J connectivity index is 1.10. The molecule has 2 aliphatic rings. The van der Waals surface area contributed by atoms with Gasteiger partial charge in [-0.1, -0.05) is 121 Å². The minimum atomic E-state index is -0.866. The van der Waals surface area contributed by atoms with Crippen LogP contribution < -0.4 is 10.6 Å². The molecule has 0 radical (unpaired) electrons. The van der Waals surface area contributed by atoms with Crippen LogP contribution in [0.3, 0.4) is 0 Å². The number of amides is 2. The summed E-state index contributed by atoms with van der Waals surface area (Å²) in [6.07, 6.45) is 2.00. The summed E-state index contributed by atoms with van der Waals surface area (Å²) in [5, 5.41) is 47.3. The van der Waals surface area contributed by atoms with Gasteiger partial charge in [0.15, 0.2) is 12.1 Å². The Kier molecular flexibility index (Phi) is 10.9. The van der Waals surface area contributed by atoms with E-state index in [1.54, 1.807) is 12.1 Å². The molecule has 54 heavy (non-hydrogen) atoms. The second-order valence-electron chi connectivity index (χ2n) is 14.9. The number of phenolic OH excluding ortho intramolecular Hbond substituents is 1. The fourth-order valence-corrected chi connectivity index (χ4v) is 8.48. The van der Waals surface area contributed by atoms with Gasteiger partial charge in [0.25, 0.3) is 11.8 Å². The Morgan fingerprint density at radius 1 is 0.611 bits per heavy atom. The fourth-order valence-electron chi connectivity index (χ4n) is 8.48. The highest BCUT2D eigenvalue weighted by Crippen LogP contribution is 2.38. The van der Waals surface area contributed by atoms with Crippen molar-refractivity contribution in [2.45, 2.75) is 69.9 Å². The smallest absolute Gasteiger partial charge is 0.279 e. The number of benzene rings is 5. The van der Waals surface area contributed by atoms with Crippen molar-refractivity contribution in [3.63, 3.8) is 0 Å². The third-order valence-corrected chi connectivity index (χ3v) is 11.2. The summed E-state index contributed by atoms with van der Waals surface area (Å²) in [5.41, 5.74) is 5.26. The lowest BCUT2D eigenvalue weighted by Gasteiger charge is -2.45. The number of nitrogens with zero attached hydrogens (tertiary/aromatic N) is 2. The Hall–Kier alpha value is -5.32. The summed E-state index contributed by atoms with van der Waals surface area (Å²) >= 11 is 0. The molecule has 0 aliphatic carbocycles. The lowest BCUT2D eigenvalue weighted by molar-refractivity contribution is -0.897. The van der Waals surface area contributed by atoms with E-state index < -0.39 is 33.5 Å². The van der Waals surface area contributed by atoms with Crippen LogP contribution in [0.4, 0.5) is 0 Å². The molecule has 0 saturated carbocycles. The summed E-state index contributed by atoms with van der Waals surface area (Å²) < 4.78 is -1.61. The van der Waals surface area contributed by atoms with Crippen LogP contribution >= 0.6 is 0 Å². The molecule has 9 heteroatoms. The highest BCUT2D eigenvalue weighted by atomic mass is 16.6. The van der Waals surface area contributed by atoms with Crippen molar-refractivity contribution >= 4 is 11.8 Å². The van der Waals surface area contributed by atoms with Crippen molar-refractivity contribution in [3.8, 4) is 5.75 Å². The third kappa shape index (κ3) is 7.95. The zero-order chi connectivity index (χ0) is 37.7. The number of carbonyl (C=O) groups is 2. The number of quaternary nitrogens is 2. The first-order valence-electron chi connectivity index (χ1n) is 18.9. The second kappa shape index (κ2) is 16.0. The molecule has 5 aromatic rings. The van der Waals surface area contributed by atoms with Gasteiger partial charge in [-0.25, -0.2) is 0 Å². The number of carbonyl (C=O) groups excluding carboxylic acids is 2. The molecule has 7 rings (SSSR count). The van der Waals surface area contributed by atoms with Crippen molar-refractivity contribution in [3.05, 3.63) is 183 Å². The molecule has 2 amide bonds. The van der Waals surface area contributed by atoms with Crippen LogP contribution in [0.5, 0.6) is 5.75 Å². The first-order chi connectivity index (χ1) is 26.1. The number of phenols is 1. The summed E-state index contributed by atoms with van der Waals surface area (Å²) in [7, 11) is 0. The summed E-state index contributed by atoms with van der Waals surface area (Å²) in [5.74, 6) is -0.768. The van der Waals surface area contributed by atoms with Gasteiger partial charge >= 0.3 is 0 Å². The molecule has 2 aliphatic heterocycles. The molecule has 5 aromatic carbocycles. The molecule has 0 aromatic heterocycles. The van der Waals surface area contributed by atoms with E-state index in [-0.39, 0.29) is 43.7 Å². The largest absolute Gasteiger partial charge is 0.632 e. The third-order valence-electron chi connectivity index (χ3n) is 11.2. The van der Waals surface area contributed by atoms with Crippen LogP contribution in [0.25, 0.3) is 0 Å². The summed E-state index contributed by atoms with van der Waals surface area (Å²) in [4.78, 5) is 28.0. The van der Waals surface area contributed by atoms with Crippen LogP contribution in [0.2, 0.25) is 0 Å². The minimum Gasteiger partial charge on any atom is -0.632 e. The average molecular weight is 725 g/mol. The highest BCUT2D eigenvalue weighted by molar-refractivity contribution is 5.82. The number of hydrogen-bond donors (Lipinski definition) is 3. The van der Waals surface area contributed by atoms with E-state index >= 15 is 0 Å². The van der Waals surface area contributed by atoms with E-state index in [0.29, 0.717) is 36.8 Å². The van der Waals surface area contributed by atoms with Crippen molar-refractivity contribution in [1.29, 1.82) is 0 Å². The number of likely N-dealkylation sites (tertiary alicyclic amines) is 2. The van der Waals surface area contributed by atoms with Gasteiger partial charge in [0, 0.05) is 36.8 Å². The molecule has 0 spiro atoms. The van der Waals surface area contributed by atoms with Gasteiger partial charge in [-0.3, -0.25) is 9.59 Å². The zero-order valence-corrected chi connectivity index (χ0v) is 30.6. The van der Waals surface area contributed by atoms with Gasteiger partial charge in [-0.05, 0) is 46.9 Å². The second-order valence-corrected chi connectivity index (χ2v) is 14.9. The molecule has 278 valence electrons. The van der Waals surface area contributed by atoms with Crippen LogP contribution in [0, 0.1) is 17.3 Å². The molecule has 9 nitrogen and oxygen atoms in total. The van der Waals surface area contributed by atoms with Crippen LogP contribution in [0.1, 0.15) is 76.7 Å². The molecule has 3 N–H and O–H groups in total. The van der Waals surface area contributed by atoms with E-state index in [4.69, 9.17) is 0 Å². The number of aromatic hydroxyl groups is 1. The van der Waals surface area contributed by atoms with Crippen LogP contribution in [-0.4, -0.2) is 51.4 Å². The van der Waals surface area contributed by atoms with E-state index in [9.17, 15) is 25.1 Å². The predicted octanol–water partition coefficient (Wildman–Crippen LogP) is 7.47. The number of hydrogen-bond acceptors (Lipinski definition) is 5. The van der Waals surface area contributed by atoms with Gasteiger partial charge in [0.05, 0.1) is 25.2 Å². The SMILES string of the molecule is Cc1cc(C[N@+]2([O-])CCC[C@H]2C(=O)NC(c2ccccc2)c2ccccc2)c(O)c(C[N@+]2([O-])CCC[C@H]2C(=O)NC(c2ccccc2)c2ccccc2)c1. The molecule has 0 unspecified atom stereocenters. The van der Waals surface area contributed by atoms with Crippen molar-refractivity contribution in [2.24, 2.45) is 0 Å². The van der Waals surface area contributed by atoms with E-state index in [2.05, 4.69) is 10.6 Å². The Labute approximate surface area is 317 Å². The number of rotatable bonds is 12. The van der Waals surface area contributed by atoms with E-state index in [0.717, 1.165) is 27.8 Å². The molecule has 2 saturated heterocycles. The number of hydroxylamine groups is 6. The lowest BCUT2D eigenvalue weighted by atomic mass is 9.98. The molecule has 2 fully saturated rings. The van der Waals surface area contributed by atoms with Crippen molar-refractivity contribution in [2.75, 3.05) is 13.1 Å². The number of nitrogens with one attached hydrogen (secondary N) is 2. The fraction of sp³-hybridized carbons (Fsp3) is 0.289. The van der Waals surface area contributed by atoms with Gasteiger partial charge in [0.1, 0.15) is 18.8 Å². The molecular weight excluding hydrogens is 677 g/mol. The maximum Gasteiger partial charge on any atom is 0.279 e. The number of aryl methyl sites for hydroxylation is 1. The van der Waals surface area contributed by atoms with Gasteiger partial charge < -0.3 is 35.4 Å². The standard InChI is InChI=1S/C45H48N4O5/c1-32-28-37(30-48(53)26-14-24-39(48)44(51)46-41(33-16-6-2-7-17-33)34-18-8-3-9-19-34)43(50)38(29-32)31-49(54)27-15-25-40(49)45(52)47-42(35-20-10-4-11-21-35)36-22-12-5-13-23-36/h2-13,16-23,28-29,39-42,50H,14-15,24-27,30-31H2,1H3,(H,46,51)(H,47,52)/t39-,40-,48+,49+/m0/s1. The predicted molar refractivity (Wildman–Crippen MR) is 209 cm³/mol. The first kappa shape index (κ1) is 37.0. The topological polar surface area (TPSA) is 125 Å². The normalized spacial score (nSPS) is 22.4. The van der Waals surface area contributed by atoms with Gasteiger partial charge in [0.2, 0.25) is 0 Å². The first-order valence-corrected chi connectivity index (χ1v) is 18.9. The molecule has 4 atom stereocenters. The average Bonchev–Trinajstić information content (AvgIpc) is 3.77. The van der Waals surface area contributed by atoms with Crippen LogP contribution in [0.15, 0.2) is 133 Å². The van der Waals surface area contributed by atoms with Gasteiger partial charge in [-0.15, -0.1) is 0 Å². The molecule has 0 bridgehead atoms. The quantitative estimate of drug-likeness (QED) is 0.0910. The van der Waals surface area contributed by atoms with Crippen molar-refractivity contribution < 1.29 is 24.0 Å². The summed E-state index contributed by atoms with van der Waals surface area (Å²) in [6, 6.07) is 39.8. The van der Waals surface area contributed by atoms with E-state index in [1.165, 1.54) is 0 Å². The van der Waals surface area contributed by atoms with Gasteiger partial charge in [-0.2, -0.15) is 0 Å².